The molecule has 0 spiro atoms. The Balaban J connectivity index is 2.02. The van der Waals surface area contributed by atoms with Crippen molar-refractivity contribution in [3.63, 3.8) is 0 Å². The van der Waals surface area contributed by atoms with Gasteiger partial charge in [-0.1, -0.05) is 39.0 Å². The third kappa shape index (κ3) is 5.41. The summed E-state index contributed by atoms with van der Waals surface area (Å²) in [5.74, 6) is -0.813. The van der Waals surface area contributed by atoms with Crippen LogP contribution in [0.25, 0.3) is 0 Å². The highest BCUT2D eigenvalue weighted by Crippen LogP contribution is 2.25. The molecule has 0 aromatic heterocycles. The molecule has 138 valence electrons. The first kappa shape index (κ1) is 19.6. The number of nitrogens with one attached hydrogen (secondary N) is 1. The average Bonchev–Trinajstić information content (AvgIpc) is 2.54. The largest absolute Gasteiger partial charge is 0.326 e. The van der Waals surface area contributed by atoms with E-state index in [1.807, 2.05) is 24.3 Å². The van der Waals surface area contributed by atoms with Gasteiger partial charge in [-0.05, 0) is 41.3 Å². The molecule has 0 fully saturated rings. The number of carbonyl (C=O) groups is 2. The van der Waals surface area contributed by atoms with Crippen LogP contribution in [-0.2, 0) is 15.0 Å². The van der Waals surface area contributed by atoms with Crippen molar-refractivity contribution in [3.8, 4) is 0 Å². The Morgan fingerprint density at radius 1 is 1.08 bits per heavy atom. The van der Waals surface area contributed by atoms with Crippen LogP contribution >= 0.6 is 0 Å². The molecule has 26 heavy (non-hydrogen) atoms. The number of rotatable bonds is 5. The summed E-state index contributed by atoms with van der Waals surface area (Å²) in [6, 6.07) is 13.5. The van der Waals surface area contributed by atoms with Crippen molar-refractivity contribution in [1.82, 2.24) is 0 Å². The van der Waals surface area contributed by atoms with E-state index in [9.17, 15) is 14.0 Å². The maximum Gasteiger partial charge on any atom is 0.226 e. The highest BCUT2D eigenvalue weighted by molar-refractivity contribution is 5.94. The van der Waals surface area contributed by atoms with Gasteiger partial charge in [-0.15, -0.1) is 0 Å². The fourth-order valence-corrected chi connectivity index (χ4v) is 2.61. The zero-order chi connectivity index (χ0) is 19.3. The van der Waals surface area contributed by atoms with Gasteiger partial charge in [0.05, 0.1) is 0 Å². The summed E-state index contributed by atoms with van der Waals surface area (Å²) < 4.78 is 13.2. The number of halogens is 1. The quantitative estimate of drug-likeness (QED) is 0.857. The van der Waals surface area contributed by atoms with Crippen LogP contribution in [0.5, 0.6) is 0 Å². The highest BCUT2D eigenvalue weighted by Gasteiger charge is 2.17. The number of nitrogens with zero attached hydrogens (tertiary/aromatic N) is 1. The first-order valence-corrected chi connectivity index (χ1v) is 8.61. The van der Waals surface area contributed by atoms with E-state index in [2.05, 4.69) is 26.1 Å². The van der Waals surface area contributed by atoms with Crippen molar-refractivity contribution < 1.29 is 14.0 Å². The van der Waals surface area contributed by atoms with Crippen LogP contribution in [-0.4, -0.2) is 18.4 Å². The number of benzene rings is 2. The Hall–Kier alpha value is -2.69. The molecule has 0 saturated carbocycles. The van der Waals surface area contributed by atoms with E-state index < -0.39 is 5.82 Å². The minimum absolute atomic E-state index is 0.0322. The maximum atomic E-state index is 13.2. The van der Waals surface area contributed by atoms with E-state index in [1.54, 1.807) is 11.0 Å². The zero-order valence-corrected chi connectivity index (χ0v) is 15.7. The molecular weight excluding hydrogens is 331 g/mol. The van der Waals surface area contributed by atoms with E-state index in [-0.39, 0.29) is 30.2 Å². The Bertz CT molecular complexity index is 779. The molecule has 0 saturated heterocycles. The summed E-state index contributed by atoms with van der Waals surface area (Å²) in [7, 11) is 0. The second kappa shape index (κ2) is 8.13. The molecule has 0 aliphatic heterocycles. The molecule has 0 atom stereocenters. The summed E-state index contributed by atoms with van der Waals surface area (Å²) >= 11 is 0. The normalized spacial score (nSPS) is 11.1. The lowest BCUT2D eigenvalue weighted by Gasteiger charge is -2.23. The zero-order valence-electron chi connectivity index (χ0n) is 15.7. The Kier molecular flexibility index (Phi) is 6.14. The number of amides is 2. The van der Waals surface area contributed by atoms with Crippen LogP contribution in [0.15, 0.2) is 48.5 Å². The fourth-order valence-electron chi connectivity index (χ4n) is 2.61. The van der Waals surface area contributed by atoms with Gasteiger partial charge in [-0.25, -0.2) is 4.39 Å². The molecule has 2 aromatic rings. The molecular formula is C21H25FN2O2. The van der Waals surface area contributed by atoms with Gasteiger partial charge in [-0.2, -0.15) is 0 Å². The molecule has 2 aromatic carbocycles. The van der Waals surface area contributed by atoms with Crippen molar-refractivity contribution in [2.75, 3.05) is 16.8 Å². The number of hydrogen-bond donors (Lipinski definition) is 1. The fraction of sp³-hybridized carbons (Fsp3) is 0.333. The van der Waals surface area contributed by atoms with E-state index >= 15 is 0 Å². The molecule has 0 aliphatic carbocycles. The van der Waals surface area contributed by atoms with Crippen molar-refractivity contribution in [2.24, 2.45) is 0 Å². The smallest absolute Gasteiger partial charge is 0.226 e. The van der Waals surface area contributed by atoms with Gasteiger partial charge in [0, 0.05) is 31.3 Å². The summed E-state index contributed by atoms with van der Waals surface area (Å²) in [5, 5.41) is 2.64. The molecule has 2 rings (SSSR count). The lowest BCUT2D eigenvalue weighted by molar-refractivity contribution is -0.117. The van der Waals surface area contributed by atoms with E-state index in [1.165, 1.54) is 30.7 Å². The molecule has 5 heteroatoms. The molecule has 0 aliphatic rings. The average molecular weight is 356 g/mol. The molecule has 4 nitrogen and oxygen atoms in total. The third-order valence-corrected chi connectivity index (χ3v) is 4.10. The van der Waals surface area contributed by atoms with E-state index in [0.29, 0.717) is 5.69 Å². The van der Waals surface area contributed by atoms with Crippen LogP contribution in [0, 0.1) is 5.82 Å². The summed E-state index contributed by atoms with van der Waals surface area (Å²) in [5.41, 5.74) is 2.36. The summed E-state index contributed by atoms with van der Waals surface area (Å²) in [4.78, 5) is 25.6. The minimum atomic E-state index is -0.410. The van der Waals surface area contributed by atoms with Gasteiger partial charge in [0.1, 0.15) is 5.82 Å². The van der Waals surface area contributed by atoms with Gasteiger partial charge >= 0.3 is 0 Å². The monoisotopic (exact) mass is 356 g/mol. The van der Waals surface area contributed by atoms with Gasteiger partial charge < -0.3 is 10.2 Å². The molecule has 0 bridgehead atoms. The lowest BCUT2D eigenvalue weighted by atomic mass is 9.87. The predicted octanol–water partition coefficient (Wildman–Crippen LogP) is 4.50. The van der Waals surface area contributed by atoms with Crippen LogP contribution in [0.2, 0.25) is 0 Å². The molecule has 2 amide bonds. The Morgan fingerprint density at radius 3 is 2.27 bits per heavy atom. The van der Waals surface area contributed by atoms with Crippen LogP contribution in [0.3, 0.4) is 0 Å². The molecule has 1 N–H and O–H groups in total. The van der Waals surface area contributed by atoms with E-state index in [0.717, 1.165) is 5.69 Å². The first-order chi connectivity index (χ1) is 12.2. The van der Waals surface area contributed by atoms with Crippen molar-refractivity contribution in [2.45, 2.75) is 39.5 Å². The summed E-state index contributed by atoms with van der Waals surface area (Å²) in [6.07, 6.45) is 0.122. The Morgan fingerprint density at radius 2 is 1.73 bits per heavy atom. The first-order valence-electron chi connectivity index (χ1n) is 8.61. The minimum Gasteiger partial charge on any atom is -0.326 e. The van der Waals surface area contributed by atoms with Gasteiger partial charge in [0.2, 0.25) is 11.8 Å². The number of hydrogen-bond acceptors (Lipinski definition) is 2. The number of anilines is 2. The van der Waals surface area contributed by atoms with E-state index in [4.69, 9.17) is 0 Å². The molecule has 0 unspecified atom stereocenters. The Labute approximate surface area is 154 Å². The second-order valence-corrected chi connectivity index (χ2v) is 7.28. The standard InChI is InChI=1S/C21H25FN2O2/c1-15(25)24(19-10-8-16(9-11-19)21(2,3)4)13-12-20(26)23-18-7-5-6-17(22)14-18/h5-11,14H,12-13H2,1-4H3,(H,23,26). The van der Waals surface area contributed by atoms with Crippen molar-refractivity contribution in [1.29, 1.82) is 0 Å². The second-order valence-electron chi connectivity index (χ2n) is 7.28. The van der Waals surface area contributed by atoms with Crippen LogP contribution in [0.4, 0.5) is 15.8 Å². The number of carbonyl (C=O) groups excluding carboxylic acids is 2. The van der Waals surface area contributed by atoms with Gasteiger partial charge in [0.15, 0.2) is 0 Å². The molecule has 0 heterocycles. The maximum absolute atomic E-state index is 13.2. The van der Waals surface area contributed by atoms with Crippen molar-refractivity contribution >= 4 is 23.2 Å². The third-order valence-electron chi connectivity index (χ3n) is 4.10. The molecule has 0 radical (unpaired) electrons. The SMILES string of the molecule is CC(=O)N(CCC(=O)Nc1cccc(F)c1)c1ccc(C(C)(C)C)cc1. The predicted molar refractivity (Wildman–Crippen MR) is 103 cm³/mol. The van der Waals surface area contributed by atoms with Crippen LogP contribution < -0.4 is 10.2 Å². The van der Waals surface area contributed by atoms with Gasteiger partial charge in [0.25, 0.3) is 0 Å². The highest BCUT2D eigenvalue weighted by atomic mass is 19.1. The van der Waals surface area contributed by atoms with Gasteiger partial charge in [-0.3, -0.25) is 9.59 Å². The van der Waals surface area contributed by atoms with Crippen LogP contribution in [0.1, 0.15) is 39.7 Å². The lowest BCUT2D eigenvalue weighted by Crippen LogP contribution is -2.32. The topological polar surface area (TPSA) is 49.4 Å². The van der Waals surface area contributed by atoms with Crippen molar-refractivity contribution in [3.05, 3.63) is 59.9 Å². The summed E-state index contributed by atoms with van der Waals surface area (Å²) in [6.45, 7) is 8.11.